The molecule has 0 spiro atoms. The van der Waals surface area contributed by atoms with E-state index in [4.69, 9.17) is 0 Å². The standard InChI is InChI=1S/C14H23N5/c1-15-12-4-8-19(9-5-12)14-10-13(16-11-17-14)18-6-2-3-7-18/h10-12,15H,2-9H2,1H3. The number of rotatable bonds is 3. The smallest absolute Gasteiger partial charge is 0.134 e. The second kappa shape index (κ2) is 5.74. The summed E-state index contributed by atoms with van der Waals surface area (Å²) in [5.41, 5.74) is 0. The van der Waals surface area contributed by atoms with E-state index in [0.29, 0.717) is 6.04 Å². The number of anilines is 2. The maximum atomic E-state index is 4.45. The van der Waals surface area contributed by atoms with Gasteiger partial charge in [-0.2, -0.15) is 0 Å². The molecule has 5 nitrogen and oxygen atoms in total. The number of nitrogens with zero attached hydrogens (tertiary/aromatic N) is 4. The average Bonchev–Trinajstić information content (AvgIpc) is 3.02. The molecule has 1 aromatic heterocycles. The van der Waals surface area contributed by atoms with Crippen molar-refractivity contribution < 1.29 is 0 Å². The third-order valence-electron chi connectivity index (χ3n) is 4.30. The first-order valence-electron chi connectivity index (χ1n) is 7.36. The van der Waals surface area contributed by atoms with E-state index in [0.717, 1.165) is 37.8 Å². The van der Waals surface area contributed by atoms with E-state index in [1.54, 1.807) is 6.33 Å². The summed E-state index contributed by atoms with van der Waals surface area (Å²) >= 11 is 0. The van der Waals surface area contributed by atoms with Gasteiger partial charge >= 0.3 is 0 Å². The van der Waals surface area contributed by atoms with Crippen LogP contribution in [0.3, 0.4) is 0 Å². The van der Waals surface area contributed by atoms with Crippen molar-refractivity contribution in [2.75, 3.05) is 43.0 Å². The van der Waals surface area contributed by atoms with Gasteiger partial charge in [-0.15, -0.1) is 0 Å². The fourth-order valence-electron chi connectivity index (χ4n) is 3.03. The Morgan fingerprint density at radius 3 is 2.16 bits per heavy atom. The van der Waals surface area contributed by atoms with Crippen LogP contribution in [0.15, 0.2) is 12.4 Å². The fourth-order valence-corrected chi connectivity index (χ4v) is 3.03. The van der Waals surface area contributed by atoms with Gasteiger partial charge in [0.25, 0.3) is 0 Å². The lowest BCUT2D eigenvalue weighted by atomic mass is 10.1. The van der Waals surface area contributed by atoms with E-state index in [1.807, 2.05) is 0 Å². The van der Waals surface area contributed by atoms with Crippen LogP contribution >= 0.6 is 0 Å². The Labute approximate surface area is 115 Å². The largest absolute Gasteiger partial charge is 0.356 e. The number of piperidine rings is 1. The third-order valence-corrected chi connectivity index (χ3v) is 4.30. The quantitative estimate of drug-likeness (QED) is 0.887. The summed E-state index contributed by atoms with van der Waals surface area (Å²) < 4.78 is 0. The van der Waals surface area contributed by atoms with Crippen molar-refractivity contribution in [1.29, 1.82) is 0 Å². The molecule has 2 aliphatic rings. The molecule has 1 aromatic rings. The first kappa shape index (κ1) is 12.7. The Bertz CT molecular complexity index is 408. The highest BCUT2D eigenvalue weighted by Gasteiger charge is 2.20. The molecular formula is C14H23N5. The molecule has 1 N–H and O–H groups in total. The van der Waals surface area contributed by atoms with Gasteiger partial charge in [-0.25, -0.2) is 9.97 Å². The van der Waals surface area contributed by atoms with Crippen LogP contribution in [-0.4, -0.2) is 49.2 Å². The molecular weight excluding hydrogens is 238 g/mol. The molecule has 0 aromatic carbocycles. The topological polar surface area (TPSA) is 44.3 Å². The highest BCUT2D eigenvalue weighted by Crippen LogP contribution is 2.23. The maximum Gasteiger partial charge on any atom is 0.134 e. The fraction of sp³-hybridized carbons (Fsp3) is 0.714. The van der Waals surface area contributed by atoms with E-state index in [1.165, 1.54) is 25.7 Å². The second-order valence-electron chi connectivity index (χ2n) is 5.48. The Hall–Kier alpha value is -1.36. The average molecular weight is 261 g/mol. The van der Waals surface area contributed by atoms with Gasteiger partial charge in [0.2, 0.25) is 0 Å². The molecule has 2 aliphatic heterocycles. The summed E-state index contributed by atoms with van der Waals surface area (Å²) in [5, 5.41) is 3.36. The number of hydrogen-bond acceptors (Lipinski definition) is 5. The highest BCUT2D eigenvalue weighted by molar-refractivity contribution is 5.50. The summed E-state index contributed by atoms with van der Waals surface area (Å²) in [4.78, 5) is 13.6. The summed E-state index contributed by atoms with van der Waals surface area (Å²) in [7, 11) is 2.05. The Kier molecular flexibility index (Phi) is 3.82. The zero-order valence-corrected chi connectivity index (χ0v) is 11.7. The Balaban J connectivity index is 1.69. The summed E-state index contributed by atoms with van der Waals surface area (Å²) in [5.74, 6) is 2.18. The van der Waals surface area contributed by atoms with Crippen molar-refractivity contribution in [2.24, 2.45) is 0 Å². The minimum absolute atomic E-state index is 0.663. The molecule has 3 heterocycles. The molecule has 0 radical (unpaired) electrons. The molecule has 0 aliphatic carbocycles. The lowest BCUT2D eigenvalue weighted by molar-refractivity contribution is 0.440. The predicted octanol–water partition coefficient (Wildman–Crippen LogP) is 1.26. The van der Waals surface area contributed by atoms with Gasteiger partial charge in [-0.05, 0) is 32.7 Å². The van der Waals surface area contributed by atoms with Crippen LogP contribution in [0.5, 0.6) is 0 Å². The van der Waals surface area contributed by atoms with Gasteiger partial charge in [0.15, 0.2) is 0 Å². The Morgan fingerprint density at radius 1 is 1.00 bits per heavy atom. The first-order chi connectivity index (χ1) is 9.36. The molecule has 5 heteroatoms. The molecule has 19 heavy (non-hydrogen) atoms. The van der Waals surface area contributed by atoms with Crippen LogP contribution in [0.2, 0.25) is 0 Å². The number of aromatic nitrogens is 2. The van der Waals surface area contributed by atoms with Crippen LogP contribution in [0.25, 0.3) is 0 Å². The Morgan fingerprint density at radius 2 is 1.58 bits per heavy atom. The molecule has 2 fully saturated rings. The first-order valence-corrected chi connectivity index (χ1v) is 7.36. The summed E-state index contributed by atoms with van der Waals surface area (Å²) in [6.45, 7) is 4.44. The van der Waals surface area contributed by atoms with Crippen molar-refractivity contribution in [3.63, 3.8) is 0 Å². The lowest BCUT2D eigenvalue weighted by Crippen LogP contribution is -2.41. The molecule has 0 amide bonds. The number of nitrogens with one attached hydrogen (secondary N) is 1. The van der Waals surface area contributed by atoms with Crippen LogP contribution in [-0.2, 0) is 0 Å². The second-order valence-corrected chi connectivity index (χ2v) is 5.48. The zero-order valence-electron chi connectivity index (χ0n) is 11.7. The van der Waals surface area contributed by atoms with Gasteiger partial charge in [0, 0.05) is 38.3 Å². The van der Waals surface area contributed by atoms with Crippen molar-refractivity contribution in [2.45, 2.75) is 31.7 Å². The van der Waals surface area contributed by atoms with E-state index < -0.39 is 0 Å². The van der Waals surface area contributed by atoms with E-state index in [-0.39, 0.29) is 0 Å². The summed E-state index contributed by atoms with van der Waals surface area (Å²) in [6.07, 6.45) is 6.67. The van der Waals surface area contributed by atoms with Gasteiger partial charge < -0.3 is 15.1 Å². The van der Waals surface area contributed by atoms with Crippen LogP contribution in [0.1, 0.15) is 25.7 Å². The minimum atomic E-state index is 0.663. The molecule has 0 unspecified atom stereocenters. The van der Waals surface area contributed by atoms with Gasteiger partial charge in [0.1, 0.15) is 18.0 Å². The van der Waals surface area contributed by atoms with E-state index in [9.17, 15) is 0 Å². The van der Waals surface area contributed by atoms with Crippen LogP contribution < -0.4 is 15.1 Å². The van der Waals surface area contributed by atoms with Crippen molar-refractivity contribution >= 4 is 11.6 Å². The molecule has 0 bridgehead atoms. The molecule has 2 saturated heterocycles. The van der Waals surface area contributed by atoms with Gasteiger partial charge in [-0.1, -0.05) is 0 Å². The zero-order chi connectivity index (χ0) is 13.1. The molecule has 104 valence electrons. The monoisotopic (exact) mass is 261 g/mol. The van der Waals surface area contributed by atoms with E-state index in [2.05, 4.69) is 38.2 Å². The van der Waals surface area contributed by atoms with Crippen molar-refractivity contribution in [3.05, 3.63) is 12.4 Å². The van der Waals surface area contributed by atoms with Crippen LogP contribution in [0, 0.1) is 0 Å². The van der Waals surface area contributed by atoms with Crippen molar-refractivity contribution in [1.82, 2.24) is 15.3 Å². The van der Waals surface area contributed by atoms with Crippen molar-refractivity contribution in [3.8, 4) is 0 Å². The SMILES string of the molecule is CNC1CCN(c2cc(N3CCCC3)ncn2)CC1. The summed E-state index contributed by atoms with van der Waals surface area (Å²) in [6, 6.07) is 2.82. The highest BCUT2D eigenvalue weighted by atomic mass is 15.2. The third kappa shape index (κ3) is 2.81. The lowest BCUT2D eigenvalue weighted by Gasteiger charge is -2.32. The predicted molar refractivity (Wildman–Crippen MR) is 77.8 cm³/mol. The van der Waals surface area contributed by atoms with Gasteiger partial charge in [-0.3, -0.25) is 0 Å². The minimum Gasteiger partial charge on any atom is -0.356 e. The van der Waals surface area contributed by atoms with Gasteiger partial charge in [0.05, 0.1) is 0 Å². The molecule has 3 rings (SSSR count). The molecule has 0 atom stereocenters. The maximum absolute atomic E-state index is 4.45. The van der Waals surface area contributed by atoms with Crippen LogP contribution in [0.4, 0.5) is 11.6 Å². The number of hydrogen-bond donors (Lipinski definition) is 1. The molecule has 0 saturated carbocycles. The van der Waals surface area contributed by atoms with E-state index >= 15 is 0 Å². The normalized spacial score (nSPS) is 21.1.